The van der Waals surface area contributed by atoms with Crippen LogP contribution in [-0.4, -0.2) is 31.8 Å². The van der Waals surface area contributed by atoms with Crippen LogP contribution in [0.5, 0.6) is 5.75 Å². The molecule has 0 bridgehead atoms. The second-order valence-electron chi connectivity index (χ2n) is 5.37. The maximum absolute atomic E-state index is 12.0. The van der Waals surface area contributed by atoms with Gasteiger partial charge in [0.2, 0.25) is 5.91 Å². The molecule has 1 atom stereocenters. The van der Waals surface area contributed by atoms with Gasteiger partial charge in [-0.1, -0.05) is 0 Å². The Labute approximate surface area is 139 Å². The smallest absolute Gasteiger partial charge is 0.422 e. The van der Waals surface area contributed by atoms with Gasteiger partial charge >= 0.3 is 6.18 Å². The number of hydrogen-bond donors (Lipinski definition) is 2. The predicted octanol–water partition coefficient (Wildman–Crippen LogP) is 3.38. The first-order chi connectivity index (χ1) is 10.4. The highest BCUT2D eigenvalue weighted by Gasteiger charge is 2.28. The third-order valence-corrected chi connectivity index (χ3v) is 3.48. The second kappa shape index (κ2) is 8.98. The summed E-state index contributed by atoms with van der Waals surface area (Å²) in [6.45, 7) is 0.637. The molecule has 2 rings (SSSR count). The molecule has 23 heavy (non-hydrogen) atoms. The van der Waals surface area contributed by atoms with E-state index in [4.69, 9.17) is 0 Å². The molecule has 1 aliphatic heterocycles. The van der Waals surface area contributed by atoms with E-state index < -0.39 is 12.8 Å². The number of halogens is 4. The average Bonchev–Trinajstić information content (AvgIpc) is 2.97. The summed E-state index contributed by atoms with van der Waals surface area (Å²) in [5.41, 5.74) is 0.550. The Morgan fingerprint density at radius 3 is 2.57 bits per heavy atom. The Kier molecular flexibility index (Phi) is 7.64. The normalized spacial score (nSPS) is 17.4. The van der Waals surface area contributed by atoms with Crippen molar-refractivity contribution in [1.29, 1.82) is 0 Å². The fourth-order valence-corrected chi connectivity index (χ4v) is 2.32. The molecule has 1 saturated heterocycles. The Morgan fingerprint density at radius 2 is 2.00 bits per heavy atom. The zero-order valence-corrected chi connectivity index (χ0v) is 13.3. The molecule has 0 aromatic heterocycles. The quantitative estimate of drug-likeness (QED) is 0.825. The van der Waals surface area contributed by atoms with Crippen molar-refractivity contribution >= 4 is 24.0 Å². The van der Waals surface area contributed by atoms with Crippen LogP contribution in [0.15, 0.2) is 24.3 Å². The molecule has 1 aliphatic rings. The largest absolute Gasteiger partial charge is 0.484 e. The Balaban J connectivity index is 0.00000264. The van der Waals surface area contributed by atoms with Gasteiger partial charge in [0, 0.05) is 12.1 Å². The van der Waals surface area contributed by atoms with Crippen LogP contribution in [0.25, 0.3) is 0 Å². The molecule has 8 heteroatoms. The van der Waals surface area contributed by atoms with Gasteiger partial charge in [-0.2, -0.15) is 13.2 Å². The number of alkyl halides is 3. The van der Waals surface area contributed by atoms with Crippen molar-refractivity contribution < 1.29 is 22.7 Å². The van der Waals surface area contributed by atoms with Crippen LogP contribution >= 0.6 is 12.4 Å². The van der Waals surface area contributed by atoms with Crippen LogP contribution in [-0.2, 0) is 4.79 Å². The lowest BCUT2D eigenvalue weighted by molar-refractivity contribution is -0.153. The van der Waals surface area contributed by atoms with Crippen LogP contribution in [0, 0.1) is 5.92 Å². The van der Waals surface area contributed by atoms with E-state index in [0.29, 0.717) is 18.0 Å². The lowest BCUT2D eigenvalue weighted by atomic mass is 10.0. The monoisotopic (exact) mass is 352 g/mol. The summed E-state index contributed by atoms with van der Waals surface area (Å²) in [6, 6.07) is 5.87. The highest BCUT2D eigenvalue weighted by atomic mass is 35.5. The zero-order valence-electron chi connectivity index (χ0n) is 12.5. The zero-order chi connectivity index (χ0) is 16.0. The van der Waals surface area contributed by atoms with Gasteiger partial charge in [-0.3, -0.25) is 4.79 Å². The van der Waals surface area contributed by atoms with E-state index in [1.807, 2.05) is 0 Å². The first-order valence-electron chi connectivity index (χ1n) is 7.22. The highest BCUT2D eigenvalue weighted by Crippen LogP contribution is 2.21. The summed E-state index contributed by atoms with van der Waals surface area (Å²) in [7, 11) is 0. The minimum atomic E-state index is -4.36. The van der Waals surface area contributed by atoms with E-state index in [1.54, 1.807) is 0 Å². The molecule has 1 aromatic carbocycles. The molecule has 1 aromatic rings. The van der Waals surface area contributed by atoms with E-state index in [1.165, 1.54) is 24.3 Å². The van der Waals surface area contributed by atoms with E-state index >= 15 is 0 Å². The van der Waals surface area contributed by atoms with Gasteiger partial charge in [-0.05, 0) is 56.1 Å². The Morgan fingerprint density at radius 1 is 1.30 bits per heavy atom. The Bertz CT molecular complexity index is 488. The van der Waals surface area contributed by atoms with Crippen LogP contribution in [0.4, 0.5) is 18.9 Å². The van der Waals surface area contributed by atoms with Crippen LogP contribution in [0.2, 0.25) is 0 Å². The van der Waals surface area contributed by atoms with Crippen molar-refractivity contribution in [3.05, 3.63) is 24.3 Å². The molecule has 4 nitrogen and oxygen atoms in total. The molecule has 2 N–H and O–H groups in total. The van der Waals surface area contributed by atoms with Crippen molar-refractivity contribution in [2.75, 3.05) is 25.0 Å². The molecule has 1 fully saturated rings. The number of rotatable bonds is 6. The summed E-state index contributed by atoms with van der Waals surface area (Å²) in [5.74, 6) is 0.576. The van der Waals surface area contributed by atoms with Gasteiger partial charge in [-0.15, -0.1) is 12.4 Å². The van der Waals surface area contributed by atoms with E-state index in [0.717, 1.165) is 25.9 Å². The summed E-state index contributed by atoms with van der Waals surface area (Å²) < 4.78 is 40.7. The molecule has 0 saturated carbocycles. The number of anilines is 1. The molecule has 1 unspecified atom stereocenters. The first-order valence-corrected chi connectivity index (χ1v) is 7.22. The number of benzene rings is 1. The van der Waals surface area contributed by atoms with Crippen molar-refractivity contribution in [2.24, 2.45) is 5.92 Å². The minimum absolute atomic E-state index is 0. The number of amides is 1. The van der Waals surface area contributed by atoms with Gasteiger partial charge in [0.25, 0.3) is 0 Å². The third kappa shape index (κ3) is 7.56. The van der Waals surface area contributed by atoms with Crippen molar-refractivity contribution in [2.45, 2.75) is 25.4 Å². The average molecular weight is 353 g/mol. The number of carbonyl (C=O) groups excluding carboxylic acids is 1. The fourth-order valence-electron chi connectivity index (χ4n) is 2.32. The number of nitrogens with one attached hydrogen (secondary N) is 2. The SMILES string of the molecule is Cl.O=C(CCC1CCNC1)Nc1ccc(OCC(F)(F)F)cc1. The lowest BCUT2D eigenvalue weighted by Gasteiger charge is -2.11. The van der Waals surface area contributed by atoms with Gasteiger partial charge in [0.05, 0.1) is 0 Å². The molecule has 1 amide bonds. The van der Waals surface area contributed by atoms with Crippen LogP contribution < -0.4 is 15.4 Å². The first kappa shape index (κ1) is 19.6. The standard InChI is InChI=1S/C15H19F3N2O2.ClH/c16-15(17,18)10-22-13-4-2-12(3-5-13)20-14(21)6-1-11-7-8-19-9-11;/h2-5,11,19H,1,6-10H2,(H,20,21);1H. The number of carbonyl (C=O) groups is 1. The summed E-state index contributed by atoms with van der Waals surface area (Å²) in [6.07, 6.45) is -1.98. The summed E-state index contributed by atoms with van der Waals surface area (Å²) >= 11 is 0. The van der Waals surface area contributed by atoms with Gasteiger partial charge < -0.3 is 15.4 Å². The fraction of sp³-hybridized carbons (Fsp3) is 0.533. The maximum Gasteiger partial charge on any atom is 0.422 e. The molecular formula is C15H20ClF3N2O2. The van der Waals surface area contributed by atoms with Gasteiger partial charge in [-0.25, -0.2) is 0 Å². The predicted molar refractivity (Wildman–Crippen MR) is 84.1 cm³/mol. The van der Waals surface area contributed by atoms with Crippen LogP contribution in [0.3, 0.4) is 0 Å². The Hall–Kier alpha value is -1.47. The van der Waals surface area contributed by atoms with Crippen molar-refractivity contribution in [1.82, 2.24) is 5.32 Å². The van der Waals surface area contributed by atoms with Crippen LogP contribution in [0.1, 0.15) is 19.3 Å². The number of hydrogen-bond acceptors (Lipinski definition) is 3. The summed E-state index contributed by atoms with van der Waals surface area (Å²) in [4.78, 5) is 11.8. The van der Waals surface area contributed by atoms with Crippen molar-refractivity contribution in [3.8, 4) is 5.75 Å². The van der Waals surface area contributed by atoms with E-state index in [2.05, 4.69) is 15.4 Å². The van der Waals surface area contributed by atoms with Crippen molar-refractivity contribution in [3.63, 3.8) is 0 Å². The topological polar surface area (TPSA) is 50.4 Å². The molecule has 0 radical (unpaired) electrons. The molecule has 0 spiro atoms. The third-order valence-electron chi connectivity index (χ3n) is 3.48. The van der Waals surface area contributed by atoms with E-state index in [-0.39, 0.29) is 24.1 Å². The van der Waals surface area contributed by atoms with Gasteiger partial charge in [0.1, 0.15) is 5.75 Å². The molecule has 0 aliphatic carbocycles. The number of ether oxygens (including phenoxy) is 1. The highest BCUT2D eigenvalue weighted by molar-refractivity contribution is 5.90. The molecule has 1 heterocycles. The minimum Gasteiger partial charge on any atom is -0.484 e. The maximum atomic E-state index is 12.0. The molecular weight excluding hydrogens is 333 g/mol. The lowest BCUT2D eigenvalue weighted by Crippen LogP contribution is -2.19. The second-order valence-corrected chi connectivity index (χ2v) is 5.37. The van der Waals surface area contributed by atoms with E-state index in [9.17, 15) is 18.0 Å². The summed E-state index contributed by atoms with van der Waals surface area (Å²) in [5, 5.41) is 5.98. The molecule has 130 valence electrons. The van der Waals surface area contributed by atoms with Gasteiger partial charge in [0.15, 0.2) is 6.61 Å².